The third-order valence-electron chi connectivity index (χ3n) is 3.96. The molecule has 1 aromatic carbocycles. The van der Waals surface area contributed by atoms with Crippen molar-refractivity contribution in [3.8, 4) is 0 Å². The number of rotatable bonds is 2. The van der Waals surface area contributed by atoms with E-state index < -0.39 is 0 Å². The molecule has 1 aromatic heterocycles. The quantitative estimate of drug-likeness (QED) is 0.878. The minimum atomic E-state index is 0.00409. The number of nitrogens with one attached hydrogen (secondary N) is 1. The minimum absolute atomic E-state index is 0.00409. The Morgan fingerprint density at radius 1 is 1.33 bits per heavy atom. The topological polar surface area (TPSA) is 34.1 Å². The highest BCUT2D eigenvalue weighted by atomic mass is 16.5. The third kappa shape index (κ3) is 1.85. The van der Waals surface area contributed by atoms with Crippen LogP contribution in [0.2, 0.25) is 0 Å². The lowest BCUT2D eigenvalue weighted by Gasteiger charge is -2.30. The molecule has 3 rings (SSSR count). The zero-order valence-electron chi connectivity index (χ0n) is 10.8. The van der Waals surface area contributed by atoms with Crippen LogP contribution >= 0.6 is 0 Å². The first-order chi connectivity index (χ1) is 8.69. The molecular formula is C15H18N2O. The van der Waals surface area contributed by atoms with E-state index in [1.165, 1.54) is 5.39 Å². The molecule has 0 amide bonds. The predicted molar refractivity (Wildman–Crippen MR) is 73.8 cm³/mol. The van der Waals surface area contributed by atoms with E-state index in [2.05, 4.69) is 30.2 Å². The first kappa shape index (κ1) is 11.5. The molecule has 1 aliphatic heterocycles. The van der Waals surface area contributed by atoms with Gasteiger partial charge in [0.1, 0.15) is 0 Å². The Morgan fingerprint density at radius 2 is 2.17 bits per heavy atom. The summed E-state index contributed by atoms with van der Waals surface area (Å²) in [5, 5.41) is 4.81. The van der Waals surface area contributed by atoms with Gasteiger partial charge in [0, 0.05) is 23.9 Å². The van der Waals surface area contributed by atoms with Crippen LogP contribution in [0.3, 0.4) is 0 Å². The van der Waals surface area contributed by atoms with E-state index in [1.807, 2.05) is 30.5 Å². The molecule has 1 aliphatic rings. The predicted octanol–water partition coefficient (Wildman–Crippen LogP) is 3.21. The van der Waals surface area contributed by atoms with Crippen molar-refractivity contribution < 1.29 is 4.74 Å². The molecule has 1 N–H and O–H groups in total. The smallest absolute Gasteiger partial charge is 0.0774 e. The average molecular weight is 242 g/mol. The highest BCUT2D eigenvalue weighted by Gasteiger charge is 2.37. The normalized spacial score (nSPS) is 27.6. The molecule has 2 atom stereocenters. The fourth-order valence-corrected chi connectivity index (χ4v) is 2.51. The summed E-state index contributed by atoms with van der Waals surface area (Å²) in [6.07, 6.45) is 3.11. The highest BCUT2D eigenvalue weighted by molar-refractivity contribution is 5.91. The molecule has 3 heteroatoms. The van der Waals surface area contributed by atoms with Gasteiger partial charge in [0.15, 0.2) is 0 Å². The van der Waals surface area contributed by atoms with Crippen molar-refractivity contribution in [2.45, 2.75) is 31.9 Å². The van der Waals surface area contributed by atoms with E-state index in [0.717, 1.165) is 24.2 Å². The Morgan fingerprint density at radius 3 is 2.94 bits per heavy atom. The Labute approximate surface area is 107 Å². The van der Waals surface area contributed by atoms with Gasteiger partial charge in [-0.05, 0) is 32.4 Å². The number of pyridine rings is 1. The Kier molecular flexibility index (Phi) is 2.71. The number of aromatic nitrogens is 1. The number of ether oxygens (including phenoxy) is 1. The van der Waals surface area contributed by atoms with E-state index >= 15 is 0 Å². The minimum Gasteiger partial charge on any atom is -0.377 e. The van der Waals surface area contributed by atoms with Crippen LogP contribution in [0.4, 0.5) is 5.69 Å². The fraction of sp³-hybridized carbons (Fsp3) is 0.400. The van der Waals surface area contributed by atoms with Gasteiger partial charge in [-0.2, -0.15) is 0 Å². The lowest BCUT2D eigenvalue weighted by atomic mass is 9.94. The second-order valence-corrected chi connectivity index (χ2v) is 5.18. The number of para-hydroxylation sites is 1. The summed E-state index contributed by atoms with van der Waals surface area (Å²) < 4.78 is 5.67. The number of benzene rings is 1. The van der Waals surface area contributed by atoms with Gasteiger partial charge in [-0.1, -0.05) is 18.2 Å². The van der Waals surface area contributed by atoms with Crippen LogP contribution in [0, 0.1) is 0 Å². The van der Waals surface area contributed by atoms with Crippen LogP contribution in [-0.4, -0.2) is 23.2 Å². The lowest BCUT2D eigenvalue weighted by Crippen LogP contribution is -2.41. The summed E-state index contributed by atoms with van der Waals surface area (Å²) >= 11 is 0. The summed E-state index contributed by atoms with van der Waals surface area (Å²) in [5.41, 5.74) is 2.17. The summed E-state index contributed by atoms with van der Waals surface area (Å²) in [5.74, 6) is 0. The average Bonchev–Trinajstić information content (AvgIpc) is 2.70. The standard InChI is InChI=1S/C15H18N2O/c1-11-15(2,8-10-18-11)17-14-7-9-16-13-6-4-3-5-12(13)14/h3-7,9,11H,8,10H2,1-2H3,(H,16,17). The second kappa shape index (κ2) is 4.25. The SMILES string of the molecule is CC1OCCC1(C)Nc1ccnc2ccccc12. The second-order valence-electron chi connectivity index (χ2n) is 5.18. The molecule has 0 spiro atoms. The zero-order chi connectivity index (χ0) is 12.6. The zero-order valence-corrected chi connectivity index (χ0v) is 10.8. The first-order valence-corrected chi connectivity index (χ1v) is 6.43. The van der Waals surface area contributed by atoms with Crippen molar-refractivity contribution in [3.05, 3.63) is 36.5 Å². The molecule has 1 fully saturated rings. The molecular weight excluding hydrogens is 224 g/mol. The van der Waals surface area contributed by atoms with Crippen LogP contribution in [0.1, 0.15) is 20.3 Å². The van der Waals surface area contributed by atoms with E-state index in [0.29, 0.717) is 0 Å². The van der Waals surface area contributed by atoms with E-state index in [-0.39, 0.29) is 11.6 Å². The Hall–Kier alpha value is -1.61. The largest absolute Gasteiger partial charge is 0.377 e. The van der Waals surface area contributed by atoms with Gasteiger partial charge < -0.3 is 10.1 Å². The van der Waals surface area contributed by atoms with Gasteiger partial charge in [-0.3, -0.25) is 4.98 Å². The van der Waals surface area contributed by atoms with E-state index in [9.17, 15) is 0 Å². The maximum Gasteiger partial charge on any atom is 0.0774 e. The number of anilines is 1. The lowest BCUT2D eigenvalue weighted by molar-refractivity contribution is 0.105. The van der Waals surface area contributed by atoms with Crippen LogP contribution in [0.25, 0.3) is 10.9 Å². The molecule has 0 bridgehead atoms. The van der Waals surface area contributed by atoms with Crippen LogP contribution in [-0.2, 0) is 4.74 Å². The summed E-state index contributed by atoms with van der Waals surface area (Å²) in [6, 6.07) is 10.2. The van der Waals surface area contributed by atoms with Crippen LogP contribution in [0.5, 0.6) is 0 Å². The molecule has 18 heavy (non-hydrogen) atoms. The Balaban J connectivity index is 2.00. The maximum atomic E-state index is 5.67. The molecule has 0 radical (unpaired) electrons. The van der Waals surface area contributed by atoms with Crippen molar-refractivity contribution in [1.29, 1.82) is 0 Å². The summed E-state index contributed by atoms with van der Waals surface area (Å²) in [7, 11) is 0. The molecule has 1 saturated heterocycles. The monoisotopic (exact) mass is 242 g/mol. The maximum absolute atomic E-state index is 5.67. The molecule has 3 nitrogen and oxygen atoms in total. The van der Waals surface area contributed by atoms with Gasteiger partial charge in [-0.25, -0.2) is 0 Å². The molecule has 0 aliphatic carbocycles. The number of nitrogens with zero attached hydrogens (tertiary/aromatic N) is 1. The van der Waals surface area contributed by atoms with Gasteiger partial charge in [0.05, 0.1) is 17.2 Å². The molecule has 94 valence electrons. The number of hydrogen-bond acceptors (Lipinski definition) is 3. The highest BCUT2D eigenvalue weighted by Crippen LogP contribution is 2.32. The van der Waals surface area contributed by atoms with Gasteiger partial charge >= 0.3 is 0 Å². The van der Waals surface area contributed by atoms with E-state index in [1.54, 1.807) is 0 Å². The summed E-state index contributed by atoms with van der Waals surface area (Å²) in [6.45, 7) is 5.18. The summed E-state index contributed by atoms with van der Waals surface area (Å²) in [4.78, 5) is 4.39. The third-order valence-corrected chi connectivity index (χ3v) is 3.96. The van der Waals surface area contributed by atoms with Gasteiger partial charge in [0.2, 0.25) is 0 Å². The number of fused-ring (bicyclic) bond motifs is 1. The van der Waals surface area contributed by atoms with Crippen molar-refractivity contribution in [2.24, 2.45) is 0 Å². The van der Waals surface area contributed by atoms with Gasteiger partial charge in [0.25, 0.3) is 0 Å². The van der Waals surface area contributed by atoms with Crippen molar-refractivity contribution in [1.82, 2.24) is 4.98 Å². The first-order valence-electron chi connectivity index (χ1n) is 6.43. The van der Waals surface area contributed by atoms with Crippen LogP contribution in [0.15, 0.2) is 36.5 Å². The van der Waals surface area contributed by atoms with Gasteiger partial charge in [-0.15, -0.1) is 0 Å². The van der Waals surface area contributed by atoms with Crippen molar-refractivity contribution in [3.63, 3.8) is 0 Å². The molecule has 2 aromatic rings. The Bertz CT molecular complexity index is 564. The fourth-order valence-electron chi connectivity index (χ4n) is 2.51. The van der Waals surface area contributed by atoms with Crippen LogP contribution < -0.4 is 5.32 Å². The molecule has 0 saturated carbocycles. The van der Waals surface area contributed by atoms with E-state index in [4.69, 9.17) is 4.74 Å². The number of hydrogen-bond donors (Lipinski definition) is 1. The van der Waals surface area contributed by atoms with Crippen molar-refractivity contribution >= 4 is 16.6 Å². The molecule has 2 heterocycles. The van der Waals surface area contributed by atoms with Crippen molar-refractivity contribution in [2.75, 3.05) is 11.9 Å². The molecule has 2 unspecified atom stereocenters.